The Kier molecular flexibility index (Phi) is 4.33. The van der Waals surface area contributed by atoms with E-state index in [4.69, 9.17) is 10.6 Å². The number of carbonyl (C=O) groups is 1. The summed E-state index contributed by atoms with van der Waals surface area (Å²) in [5, 5.41) is 1.80. The van der Waals surface area contributed by atoms with Crippen LogP contribution in [0.1, 0.15) is 45.1 Å². The lowest BCUT2D eigenvalue weighted by molar-refractivity contribution is -0.205. The SMILES string of the molecule is CC(C)(C)C(=O)ON1CCC[C@H](c2ccc(N)cc2)C1. The van der Waals surface area contributed by atoms with E-state index in [1.54, 1.807) is 5.06 Å². The number of benzene rings is 1. The average Bonchev–Trinajstić information content (AvgIpc) is 2.39. The molecule has 4 heteroatoms. The molecule has 1 atom stereocenters. The van der Waals surface area contributed by atoms with E-state index >= 15 is 0 Å². The molecule has 1 aromatic carbocycles. The monoisotopic (exact) mass is 276 g/mol. The maximum atomic E-state index is 11.9. The second-order valence-electron chi connectivity index (χ2n) is 6.52. The van der Waals surface area contributed by atoms with Gasteiger partial charge in [0.1, 0.15) is 0 Å². The first-order chi connectivity index (χ1) is 9.36. The fraction of sp³-hybridized carbons (Fsp3) is 0.562. The first kappa shape index (κ1) is 14.9. The first-order valence-electron chi connectivity index (χ1n) is 7.19. The summed E-state index contributed by atoms with van der Waals surface area (Å²) in [6.07, 6.45) is 2.15. The summed E-state index contributed by atoms with van der Waals surface area (Å²) >= 11 is 0. The second-order valence-corrected chi connectivity index (χ2v) is 6.52. The van der Waals surface area contributed by atoms with Crippen LogP contribution < -0.4 is 5.73 Å². The number of anilines is 1. The van der Waals surface area contributed by atoms with Crippen molar-refractivity contribution < 1.29 is 9.63 Å². The zero-order valence-electron chi connectivity index (χ0n) is 12.6. The van der Waals surface area contributed by atoms with E-state index in [0.29, 0.717) is 5.92 Å². The van der Waals surface area contributed by atoms with Gasteiger partial charge >= 0.3 is 5.97 Å². The van der Waals surface area contributed by atoms with Crippen LogP contribution in [0.2, 0.25) is 0 Å². The molecule has 1 fully saturated rings. The highest BCUT2D eigenvalue weighted by atomic mass is 16.7. The van der Waals surface area contributed by atoms with Crippen molar-refractivity contribution in [1.82, 2.24) is 5.06 Å². The summed E-state index contributed by atoms with van der Waals surface area (Å²) in [5.41, 5.74) is 7.29. The van der Waals surface area contributed by atoms with Crippen LogP contribution in [0.5, 0.6) is 0 Å². The van der Waals surface area contributed by atoms with Gasteiger partial charge in [0.2, 0.25) is 0 Å². The molecule has 1 aromatic rings. The van der Waals surface area contributed by atoms with E-state index in [0.717, 1.165) is 31.6 Å². The molecule has 0 bridgehead atoms. The summed E-state index contributed by atoms with van der Waals surface area (Å²) < 4.78 is 0. The normalized spacial score (nSPS) is 20.6. The Morgan fingerprint density at radius 2 is 1.95 bits per heavy atom. The van der Waals surface area contributed by atoms with E-state index < -0.39 is 5.41 Å². The Balaban J connectivity index is 1.98. The van der Waals surface area contributed by atoms with Crippen LogP contribution in [0.15, 0.2) is 24.3 Å². The smallest absolute Gasteiger partial charge is 0.330 e. The van der Waals surface area contributed by atoms with Crippen molar-refractivity contribution in [2.45, 2.75) is 39.5 Å². The molecule has 0 radical (unpaired) electrons. The van der Waals surface area contributed by atoms with Crippen molar-refractivity contribution in [2.24, 2.45) is 5.41 Å². The van der Waals surface area contributed by atoms with Crippen LogP contribution in [0.3, 0.4) is 0 Å². The Morgan fingerprint density at radius 1 is 1.30 bits per heavy atom. The lowest BCUT2D eigenvalue weighted by Crippen LogP contribution is -2.39. The molecule has 1 aliphatic rings. The van der Waals surface area contributed by atoms with Crippen molar-refractivity contribution in [2.75, 3.05) is 18.8 Å². The molecule has 0 aromatic heterocycles. The van der Waals surface area contributed by atoms with Gasteiger partial charge in [-0.15, -0.1) is 5.06 Å². The summed E-state index contributed by atoms with van der Waals surface area (Å²) in [6, 6.07) is 7.98. The van der Waals surface area contributed by atoms with Crippen molar-refractivity contribution in [3.8, 4) is 0 Å². The van der Waals surface area contributed by atoms with E-state index in [-0.39, 0.29) is 5.97 Å². The molecule has 20 heavy (non-hydrogen) atoms. The molecule has 1 saturated heterocycles. The van der Waals surface area contributed by atoms with Crippen molar-refractivity contribution in [3.05, 3.63) is 29.8 Å². The van der Waals surface area contributed by atoms with E-state index in [1.807, 2.05) is 32.9 Å². The number of nitrogen functional groups attached to an aromatic ring is 1. The summed E-state index contributed by atoms with van der Waals surface area (Å²) in [4.78, 5) is 17.4. The zero-order chi connectivity index (χ0) is 14.8. The van der Waals surface area contributed by atoms with Gasteiger partial charge in [-0.05, 0) is 57.2 Å². The predicted molar refractivity (Wildman–Crippen MR) is 79.9 cm³/mol. The maximum Gasteiger partial charge on any atom is 0.330 e. The number of nitrogens with two attached hydrogens (primary N) is 1. The average molecular weight is 276 g/mol. The fourth-order valence-electron chi connectivity index (χ4n) is 2.32. The van der Waals surface area contributed by atoms with Crippen LogP contribution in [-0.2, 0) is 9.63 Å². The third kappa shape index (κ3) is 3.73. The minimum Gasteiger partial charge on any atom is -0.399 e. The number of carbonyl (C=O) groups excluding carboxylic acids is 1. The predicted octanol–water partition coefficient (Wildman–Crippen LogP) is 2.95. The molecule has 2 N–H and O–H groups in total. The quantitative estimate of drug-likeness (QED) is 0.844. The van der Waals surface area contributed by atoms with Gasteiger partial charge in [0.05, 0.1) is 5.41 Å². The molecule has 0 unspecified atom stereocenters. The van der Waals surface area contributed by atoms with Gasteiger partial charge < -0.3 is 10.6 Å². The molecular weight excluding hydrogens is 252 g/mol. The second kappa shape index (κ2) is 5.83. The third-order valence-corrected chi connectivity index (χ3v) is 3.62. The van der Waals surface area contributed by atoms with E-state index in [1.165, 1.54) is 5.56 Å². The molecule has 0 amide bonds. The van der Waals surface area contributed by atoms with Gasteiger partial charge in [-0.2, -0.15) is 0 Å². The number of hydroxylamine groups is 2. The maximum absolute atomic E-state index is 11.9. The third-order valence-electron chi connectivity index (χ3n) is 3.62. The summed E-state index contributed by atoms with van der Waals surface area (Å²) in [7, 11) is 0. The highest BCUT2D eigenvalue weighted by Crippen LogP contribution is 2.28. The number of nitrogens with zero attached hydrogens (tertiary/aromatic N) is 1. The largest absolute Gasteiger partial charge is 0.399 e. The van der Waals surface area contributed by atoms with Crippen molar-refractivity contribution >= 4 is 11.7 Å². The van der Waals surface area contributed by atoms with E-state index in [9.17, 15) is 4.79 Å². The molecule has 0 saturated carbocycles. The number of piperidine rings is 1. The molecule has 4 nitrogen and oxygen atoms in total. The molecular formula is C16H24N2O2. The van der Waals surface area contributed by atoms with Gasteiger partial charge in [0.25, 0.3) is 0 Å². The molecule has 0 spiro atoms. The lowest BCUT2D eigenvalue weighted by atomic mass is 9.91. The van der Waals surface area contributed by atoms with Crippen molar-refractivity contribution in [1.29, 1.82) is 0 Å². The van der Waals surface area contributed by atoms with Crippen LogP contribution in [0, 0.1) is 5.41 Å². The Morgan fingerprint density at radius 3 is 2.55 bits per heavy atom. The fourth-order valence-corrected chi connectivity index (χ4v) is 2.32. The molecule has 1 aliphatic heterocycles. The Hall–Kier alpha value is -1.55. The molecule has 2 rings (SSSR count). The van der Waals surface area contributed by atoms with Crippen LogP contribution >= 0.6 is 0 Å². The van der Waals surface area contributed by atoms with Gasteiger partial charge in [0, 0.05) is 18.8 Å². The summed E-state index contributed by atoms with van der Waals surface area (Å²) in [5.74, 6) is 0.229. The highest BCUT2D eigenvalue weighted by Gasteiger charge is 2.29. The van der Waals surface area contributed by atoms with Crippen molar-refractivity contribution in [3.63, 3.8) is 0 Å². The zero-order valence-corrected chi connectivity index (χ0v) is 12.6. The first-order valence-corrected chi connectivity index (χ1v) is 7.19. The molecule has 1 heterocycles. The van der Waals surface area contributed by atoms with Crippen LogP contribution in [0.25, 0.3) is 0 Å². The number of hydrogen-bond donors (Lipinski definition) is 1. The van der Waals surface area contributed by atoms with Crippen LogP contribution in [-0.4, -0.2) is 24.1 Å². The standard InChI is InChI=1S/C16H24N2O2/c1-16(2,3)15(19)20-18-10-4-5-13(11-18)12-6-8-14(17)9-7-12/h6-9,13H,4-5,10-11,17H2,1-3H3/t13-/m0/s1. The minimum absolute atomic E-state index is 0.171. The van der Waals surface area contributed by atoms with Crippen LogP contribution in [0.4, 0.5) is 5.69 Å². The summed E-state index contributed by atoms with van der Waals surface area (Å²) in [6.45, 7) is 7.18. The Bertz CT molecular complexity index is 462. The lowest BCUT2D eigenvalue weighted by Gasteiger charge is -2.33. The molecule has 110 valence electrons. The molecule has 0 aliphatic carbocycles. The van der Waals surface area contributed by atoms with Gasteiger partial charge in [0.15, 0.2) is 0 Å². The van der Waals surface area contributed by atoms with Gasteiger partial charge in [-0.1, -0.05) is 12.1 Å². The Labute approximate surface area is 120 Å². The van der Waals surface area contributed by atoms with E-state index in [2.05, 4.69) is 12.1 Å². The number of rotatable bonds is 2. The highest BCUT2D eigenvalue weighted by molar-refractivity contribution is 5.75. The van der Waals surface area contributed by atoms with Gasteiger partial charge in [-0.25, -0.2) is 4.79 Å². The van der Waals surface area contributed by atoms with Gasteiger partial charge in [-0.3, -0.25) is 0 Å². The number of hydrogen-bond acceptors (Lipinski definition) is 4. The minimum atomic E-state index is -0.464. The topological polar surface area (TPSA) is 55.6 Å².